The highest BCUT2D eigenvalue weighted by Crippen LogP contribution is 2.23. The molecule has 1 aromatic carbocycles. The molecule has 0 atom stereocenters. The number of carboxylic acid groups (broad SMARTS) is 1. The lowest BCUT2D eigenvalue weighted by atomic mass is 10.1. The first-order valence-electron chi connectivity index (χ1n) is 8.42. The van der Waals surface area contributed by atoms with Crippen LogP contribution in [0.2, 0.25) is 0 Å². The van der Waals surface area contributed by atoms with E-state index in [1.807, 2.05) is 0 Å². The summed E-state index contributed by atoms with van der Waals surface area (Å²) in [7, 11) is -3.95. The van der Waals surface area contributed by atoms with Gasteiger partial charge < -0.3 is 15.2 Å². The molecule has 1 amide bonds. The lowest BCUT2D eigenvalue weighted by Gasteiger charge is -2.32. The molecule has 0 spiro atoms. The number of benzene rings is 1. The molecule has 27 heavy (non-hydrogen) atoms. The predicted octanol–water partition coefficient (Wildman–Crippen LogP) is 2.20. The molecule has 2 N–H and O–H groups in total. The molecule has 0 radical (unpaired) electrons. The third kappa shape index (κ3) is 5.39. The van der Waals surface area contributed by atoms with E-state index in [4.69, 9.17) is 9.84 Å². The Labute approximate surface area is 157 Å². The Morgan fingerprint density at radius 1 is 1.26 bits per heavy atom. The van der Waals surface area contributed by atoms with Gasteiger partial charge in [0.05, 0.1) is 10.5 Å². The summed E-state index contributed by atoms with van der Waals surface area (Å²) in [5, 5.41) is 11.5. The van der Waals surface area contributed by atoms with E-state index in [1.165, 1.54) is 4.31 Å². The minimum atomic E-state index is -3.95. The molecule has 10 heteroatoms. The highest BCUT2D eigenvalue weighted by molar-refractivity contribution is 7.89. The lowest BCUT2D eigenvalue weighted by Crippen LogP contribution is -2.47. The predicted molar refractivity (Wildman–Crippen MR) is 94.5 cm³/mol. The number of aromatic carboxylic acids is 1. The van der Waals surface area contributed by atoms with E-state index in [-0.39, 0.29) is 24.0 Å². The molecule has 0 bridgehead atoms. The van der Waals surface area contributed by atoms with Crippen molar-refractivity contribution in [1.82, 2.24) is 9.62 Å². The Balaban J connectivity index is 2.01. The SMILES string of the molecule is CC(C)(C)OC(=O)NC1CCN(S(=O)(=O)c2ccc(C(=O)O)c(F)c2)CC1. The number of halogens is 1. The van der Waals surface area contributed by atoms with Crippen LogP contribution >= 0.6 is 0 Å². The number of piperidine rings is 1. The fourth-order valence-corrected chi connectivity index (χ4v) is 4.18. The summed E-state index contributed by atoms with van der Waals surface area (Å²) in [6.45, 7) is 5.53. The van der Waals surface area contributed by atoms with Crippen molar-refractivity contribution in [2.45, 2.75) is 50.2 Å². The van der Waals surface area contributed by atoms with Crippen molar-refractivity contribution in [1.29, 1.82) is 0 Å². The molecule has 0 aromatic heterocycles. The van der Waals surface area contributed by atoms with Crippen LogP contribution in [-0.2, 0) is 14.8 Å². The van der Waals surface area contributed by atoms with E-state index < -0.39 is 39.1 Å². The minimum absolute atomic E-state index is 0.144. The number of sulfonamides is 1. The van der Waals surface area contributed by atoms with Crippen LogP contribution in [0.4, 0.5) is 9.18 Å². The number of carboxylic acids is 1. The molecule has 0 aliphatic carbocycles. The van der Waals surface area contributed by atoms with Gasteiger partial charge >= 0.3 is 12.1 Å². The van der Waals surface area contributed by atoms with Crippen LogP contribution in [0.25, 0.3) is 0 Å². The summed E-state index contributed by atoms with van der Waals surface area (Å²) in [5.41, 5.74) is -1.21. The number of hydrogen-bond donors (Lipinski definition) is 2. The van der Waals surface area contributed by atoms with Crippen LogP contribution in [0, 0.1) is 5.82 Å². The standard InChI is InChI=1S/C17H23FN2O6S/c1-17(2,3)26-16(23)19-11-6-8-20(9-7-11)27(24,25)12-4-5-13(15(21)22)14(18)10-12/h4-5,10-11H,6-9H2,1-3H3,(H,19,23)(H,21,22). The van der Waals surface area contributed by atoms with Gasteiger partial charge in [-0.3, -0.25) is 0 Å². The fourth-order valence-electron chi connectivity index (χ4n) is 2.69. The molecular formula is C17H23FN2O6S. The second kappa shape index (κ2) is 7.81. The van der Waals surface area contributed by atoms with Gasteiger partial charge in [0.1, 0.15) is 11.4 Å². The van der Waals surface area contributed by atoms with E-state index in [0.717, 1.165) is 12.1 Å². The molecule has 0 saturated carbocycles. The van der Waals surface area contributed by atoms with Crippen molar-refractivity contribution in [3.05, 3.63) is 29.6 Å². The molecule has 1 fully saturated rings. The van der Waals surface area contributed by atoms with Crippen molar-refractivity contribution < 1.29 is 32.2 Å². The fraction of sp³-hybridized carbons (Fsp3) is 0.529. The average Bonchev–Trinajstić information content (AvgIpc) is 2.53. The molecule has 8 nitrogen and oxygen atoms in total. The van der Waals surface area contributed by atoms with Gasteiger partial charge in [-0.25, -0.2) is 22.4 Å². The third-order valence-corrected chi connectivity index (χ3v) is 5.88. The zero-order valence-electron chi connectivity index (χ0n) is 15.4. The summed E-state index contributed by atoms with van der Waals surface area (Å²) in [6.07, 6.45) is 0.206. The topological polar surface area (TPSA) is 113 Å². The minimum Gasteiger partial charge on any atom is -0.478 e. The van der Waals surface area contributed by atoms with Crippen molar-refractivity contribution in [2.75, 3.05) is 13.1 Å². The van der Waals surface area contributed by atoms with E-state index in [0.29, 0.717) is 18.9 Å². The monoisotopic (exact) mass is 402 g/mol. The normalized spacial score (nSPS) is 16.7. The lowest BCUT2D eigenvalue weighted by molar-refractivity contribution is 0.0489. The number of carbonyl (C=O) groups is 2. The highest BCUT2D eigenvalue weighted by Gasteiger charge is 2.31. The zero-order valence-corrected chi connectivity index (χ0v) is 16.2. The van der Waals surface area contributed by atoms with E-state index in [2.05, 4.69) is 5.32 Å². The second-order valence-electron chi connectivity index (χ2n) is 7.27. The summed E-state index contributed by atoms with van der Waals surface area (Å²) in [5.74, 6) is -2.57. The van der Waals surface area contributed by atoms with Crippen LogP contribution in [-0.4, -0.2) is 54.6 Å². The van der Waals surface area contributed by atoms with Crippen LogP contribution in [0.15, 0.2) is 23.1 Å². The molecule has 1 heterocycles. The number of nitrogens with one attached hydrogen (secondary N) is 1. The molecule has 1 aliphatic rings. The van der Waals surface area contributed by atoms with Crippen molar-refractivity contribution in [2.24, 2.45) is 0 Å². The van der Waals surface area contributed by atoms with Crippen molar-refractivity contribution in [3.8, 4) is 0 Å². The molecule has 150 valence electrons. The van der Waals surface area contributed by atoms with Gasteiger partial charge in [-0.2, -0.15) is 4.31 Å². The van der Waals surface area contributed by atoms with Crippen LogP contribution in [0.3, 0.4) is 0 Å². The summed E-state index contributed by atoms with van der Waals surface area (Å²) >= 11 is 0. The van der Waals surface area contributed by atoms with Crippen LogP contribution in [0.1, 0.15) is 44.0 Å². The van der Waals surface area contributed by atoms with E-state index >= 15 is 0 Å². The first-order chi connectivity index (χ1) is 12.4. The molecule has 2 rings (SSSR count). The second-order valence-corrected chi connectivity index (χ2v) is 9.21. The number of amides is 1. The average molecular weight is 402 g/mol. The molecular weight excluding hydrogens is 379 g/mol. The van der Waals surface area contributed by atoms with Crippen LogP contribution in [0.5, 0.6) is 0 Å². The Morgan fingerprint density at radius 3 is 2.33 bits per heavy atom. The van der Waals surface area contributed by atoms with Crippen molar-refractivity contribution >= 4 is 22.1 Å². The van der Waals surface area contributed by atoms with Gasteiger partial charge in [0.2, 0.25) is 10.0 Å². The number of ether oxygens (including phenoxy) is 1. The smallest absolute Gasteiger partial charge is 0.407 e. The first kappa shape index (κ1) is 21.1. The van der Waals surface area contributed by atoms with Gasteiger partial charge in [-0.05, 0) is 51.8 Å². The first-order valence-corrected chi connectivity index (χ1v) is 9.86. The summed E-state index contributed by atoms with van der Waals surface area (Å²) in [6, 6.07) is 2.50. The third-order valence-electron chi connectivity index (χ3n) is 3.98. The summed E-state index contributed by atoms with van der Waals surface area (Å²) < 4.78 is 45.5. The Hall–Kier alpha value is -2.20. The molecule has 1 saturated heterocycles. The Morgan fingerprint density at radius 2 is 1.85 bits per heavy atom. The number of nitrogens with zero attached hydrogens (tertiary/aromatic N) is 1. The Kier molecular flexibility index (Phi) is 6.10. The van der Waals surface area contributed by atoms with Gasteiger partial charge in [0, 0.05) is 19.1 Å². The zero-order chi connectivity index (χ0) is 20.4. The quantitative estimate of drug-likeness (QED) is 0.798. The molecule has 1 aromatic rings. The van der Waals surface area contributed by atoms with Gasteiger partial charge in [0.15, 0.2) is 0 Å². The van der Waals surface area contributed by atoms with Gasteiger partial charge in [-0.15, -0.1) is 0 Å². The number of alkyl carbamates (subject to hydrolysis) is 1. The number of rotatable bonds is 4. The summed E-state index contributed by atoms with van der Waals surface area (Å²) in [4.78, 5) is 22.3. The maximum Gasteiger partial charge on any atom is 0.407 e. The van der Waals surface area contributed by atoms with E-state index in [9.17, 15) is 22.4 Å². The maximum absolute atomic E-state index is 13.8. The number of carbonyl (C=O) groups excluding carboxylic acids is 1. The molecule has 1 aliphatic heterocycles. The van der Waals surface area contributed by atoms with Gasteiger partial charge in [0.25, 0.3) is 0 Å². The van der Waals surface area contributed by atoms with Gasteiger partial charge in [-0.1, -0.05) is 0 Å². The maximum atomic E-state index is 13.8. The van der Waals surface area contributed by atoms with E-state index in [1.54, 1.807) is 20.8 Å². The molecule has 0 unspecified atom stereocenters. The van der Waals surface area contributed by atoms with Crippen molar-refractivity contribution in [3.63, 3.8) is 0 Å². The van der Waals surface area contributed by atoms with Crippen LogP contribution < -0.4 is 5.32 Å². The largest absolute Gasteiger partial charge is 0.478 e. The Bertz CT molecular complexity index is 826. The highest BCUT2D eigenvalue weighted by atomic mass is 32.2. The number of hydrogen-bond acceptors (Lipinski definition) is 5.